The quantitative estimate of drug-likeness (QED) is 0.629. The van der Waals surface area contributed by atoms with Crippen LogP contribution in [0, 0.1) is 0 Å². The minimum atomic E-state index is 0.00859. The first-order valence-electron chi connectivity index (χ1n) is 8.44. The number of carbonyl (C=O) groups excluding carboxylic acids is 1. The second-order valence-electron chi connectivity index (χ2n) is 6.28. The molecule has 1 amide bonds. The molecule has 0 N–H and O–H groups in total. The van der Waals surface area contributed by atoms with E-state index in [2.05, 4.69) is 35.8 Å². The van der Waals surface area contributed by atoms with E-state index in [4.69, 9.17) is 4.99 Å². The highest BCUT2D eigenvalue weighted by molar-refractivity contribution is 9.10. The van der Waals surface area contributed by atoms with Crippen molar-refractivity contribution in [3.63, 3.8) is 0 Å². The van der Waals surface area contributed by atoms with E-state index in [-0.39, 0.29) is 5.91 Å². The van der Waals surface area contributed by atoms with Crippen molar-refractivity contribution in [2.24, 2.45) is 4.99 Å². The Kier molecular flexibility index (Phi) is 5.97. The Bertz CT molecular complexity index is 804. The Morgan fingerprint density at radius 2 is 2.00 bits per heavy atom. The van der Waals surface area contributed by atoms with Gasteiger partial charge in [-0.3, -0.25) is 9.69 Å². The van der Waals surface area contributed by atoms with Crippen LogP contribution in [0.2, 0.25) is 0 Å². The summed E-state index contributed by atoms with van der Waals surface area (Å²) in [5.74, 6) is 1.39. The molecule has 3 nitrogen and oxygen atoms in total. The van der Waals surface area contributed by atoms with Gasteiger partial charge in [-0.15, -0.1) is 0 Å². The maximum absolute atomic E-state index is 13.0. The molecule has 2 aromatic rings. The molecular formula is C20H21BrN2OS. The summed E-state index contributed by atoms with van der Waals surface area (Å²) < 4.78 is 0.909. The molecule has 0 saturated carbocycles. The number of halogens is 1. The zero-order valence-corrected chi connectivity index (χ0v) is 16.8. The van der Waals surface area contributed by atoms with E-state index in [0.717, 1.165) is 27.5 Å². The van der Waals surface area contributed by atoms with E-state index < -0.39 is 0 Å². The molecule has 5 heteroatoms. The fourth-order valence-corrected chi connectivity index (χ4v) is 4.15. The standard InChI is InChI=1S/C20H21BrN2OS/c1-14(2)17-9-3-4-10-18(17)22-20-23(11-6-12-25-20)19(24)15-7-5-8-16(21)13-15/h3-5,7-10,13-14H,6,11-12H2,1-2H3. The number of para-hydroxylation sites is 1. The molecule has 0 aromatic heterocycles. The number of aliphatic imine (C=N–C) groups is 1. The summed E-state index contributed by atoms with van der Waals surface area (Å²) in [6, 6.07) is 15.7. The van der Waals surface area contributed by atoms with Crippen molar-refractivity contribution in [3.8, 4) is 0 Å². The monoisotopic (exact) mass is 416 g/mol. The average Bonchev–Trinajstić information content (AvgIpc) is 2.62. The van der Waals surface area contributed by atoms with Gasteiger partial charge in [-0.25, -0.2) is 4.99 Å². The van der Waals surface area contributed by atoms with Crippen LogP contribution in [-0.2, 0) is 0 Å². The molecule has 0 radical (unpaired) electrons. The van der Waals surface area contributed by atoms with Crippen molar-refractivity contribution in [2.75, 3.05) is 12.3 Å². The summed E-state index contributed by atoms with van der Waals surface area (Å²) in [6.07, 6.45) is 0.981. The zero-order valence-electron chi connectivity index (χ0n) is 14.4. The highest BCUT2D eigenvalue weighted by Crippen LogP contribution is 2.30. The molecule has 3 rings (SSSR count). The minimum absolute atomic E-state index is 0.00859. The van der Waals surface area contributed by atoms with Crippen molar-refractivity contribution in [1.29, 1.82) is 0 Å². The SMILES string of the molecule is CC(C)c1ccccc1N=C1SCCCN1C(=O)c1cccc(Br)c1. The number of rotatable bonds is 3. The number of hydrogen-bond acceptors (Lipinski definition) is 3. The van der Waals surface area contributed by atoms with Gasteiger partial charge in [0.05, 0.1) is 5.69 Å². The third-order valence-electron chi connectivity index (χ3n) is 4.08. The molecule has 0 spiro atoms. The van der Waals surface area contributed by atoms with Crippen LogP contribution >= 0.6 is 27.7 Å². The van der Waals surface area contributed by atoms with E-state index >= 15 is 0 Å². The molecule has 0 atom stereocenters. The molecule has 25 heavy (non-hydrogen) atoms. The summed E-state index contributed by atoms with van der Waals surface area (Å²) in [5.41, 5.74) is 2.84. The molecule has 0 aliphatic carbocycles. The fourth-order valence-electron chi connectivity index (χ4n) is 2.80. The van der Waals surface area contributed by atoms with Crippen LogP contribution in [0.1, 0.15) is 42.1 Å². The lowest BCUT2D eigenvalue weighted by Crippen LogP contribution is -2.39. The number of nitrogens with zero attached hydrogens (tertiary/aromatic N) is 2. The lowest BCUT2D eigenvalue weighted by molar-refractivity contribution is 0.0849. The van der Waals surface area contributed by atoms with Gasteiger partial charge in [0.2, 0.25) is 0 Å². The molecule has 1 heterocycles. The number of benzene rings is 2. The van der Waals surface area contributed by atoms with E-state index in [0.29, 0.717) is 18.0 Å². The second-order valence-corrected chi connectivity index (χ2v) is 8.25. The summed E-state index contributed by atoms with van der Waals surface area (Å²) in [5, 5.41) is 0.796. The number of amides is 1. The molecule has 0 bridgehead atoms. The van der Waals surface area contributed by atoms with Gasteiger partial charge in [0.1, 0.15) is 0 Å². The van der Waals surface area contributed by atoms with Crippen LogP contribution in [0.4, 0.5) is 5.69 Å². The first-order valence-corrected chi connectivity index (χ1v) is 10.2. The first kappa shape index (κ1) is 18.2. The maximum Gasteiger partial charge on any atom is 0.259 e. The topological polar surface area (TPSA) is 32.7 Å². The van der Waals surface area contributed by atoms with E-state index in [1.54, 1.807) is 11.8 Å². The third-order valence-corrected chi connectivity index (χ3v) is 5.64. The Morgan fingerprint density at radius 1 is 1.20 bits per heavy atom. The Balaban J connectivity index is 1.95. The number of amidine groups is 1. The number of thioether (sulfide) groups is 1. The van der Waals surface area contributed by atoms with Crippen LogP contribution in [0.15, 0.2) is 58.0 Å². The van der Waals surface area contributed by atoms with Crippen molar-refractivity contribution in [1.82, 2.24) is 4.90 Å². The molecule has 0 unspecified atom stereocenters. The minimum Gasteiger partial charge on any atom is -0.287 e. The summed E-state index contributed by atoms with van der Waals surface area (Å²) >= 11 is 5.10. The van der Waals surface area contributed by atoms with Gasteiger partial charge in [0.15, 0.2) is 5.17 Å². The molecule has 130 valence electrons. The first-order chi connectivity index (χ1) is 12.1. The van der Waals surface area contributed by atoms with Crippen LogP contribution < -0.4 is 0 Å². The van der Waals surface area contributed by atoms with Crippen LogP contribution in [0.5, 0.6) is 0 Å². The van der Waals surface area contributed by atoms with Crippen molar-refractivity contribution < 1.29 is 4.79 Å². The van der Waals surface area contributed by atoms with Crippen molar-refractivity contribution >= 4 is 44.5 Å². The Hall–Kier alpha value is -1.59. The van der Waals surface area contributed by atoms with Crippen molar-refractivity contribution in [3.05, 3.63) is 64.1 Å². The smallest absolute Gasteiger partial charge is 0.259 e. The molecule has 2 aromatic carbocycles. The van der Waals surface area contributed by atoms with Gasteiger partial charge in [-0.2, -0.15) is 0 Å². The highest BCUT2D eigenvalue weighted by Gasteiger charge is 2.25. The van der Waals surface area contributed by atoms with Crippen molar-refractivity contribution in [2.45, 2.75) is 26.2 Å². The van der Waals surface area contributed by atoms with Crippen LogP contribution in [0.25, 0.3) is 0 Å². The molecule has 1 saturated heterocycles. The molecule has 1 aliphatic heterocycles. The van der Waals surface area contributed by atoms with Gasteiger partial charge < -0.3 is 0 Å². The fraction of sp³-hybridized carbons (Fsp3) is 0.300. The summed E-state index contributed by atoms with van der Waals surface area (Å²) in [6.45, 7) is 5.04. The largest absolute Gasteiger partial charge is 0.287 e. The average molecular weight is 417 g/mol. The lowest BCUT2D eigenvalue weighted by Gasteiger charge is -2.28. The van der Waals surface area contributed by atoms with Gasteiger partial charge in [-0.05, 0) is 42.2 Å². The van der Waals surface area contributed by atoms with Gasteiger partial charge in [0.25, 0.3) is 5.91 Å². The second kappa shape index (κ2) is 8.19. The number of carbonyl (C=O) groups is 1. The Morgan fingerprint density at radius 3 is 2.76 bits per heavy atom. The van der Waals surface area contributed by atoms with E-state index in [1.165, 1.54) is 5.56 Å². The van der Waals surface area contributed by atoms with Gasteiger partial charge >= 0.3 is 0 Å². The van der Waals surface area contributed by atoms with Crippen LogP contribution in [-0.4, -0.2) is 28.3 Å². The molecular weight excluding hydrogens is 396 g/mol. The normalized spacial score (nSPS) is 16.5. The summed E-state index contributed by atoms with van der Waals surface area (Å²) in [4.78, 5) is 19.7. The van der Waals surface area contributed by atoms with Crippen LogP contribution in [0.3, 0.4) is 0 Å². The zero-order chi connectivity index (χ0) is 17.8. The lowest BCUT2D eigenvalue weighted by atomic mass is 10.0. The Labute approximate surface area is 161 Å². The van der Waals surface area contributed by atoms with E-state index in [9.17, 15) is 4.79 Å². The molecule has 1 aliphatic rings. The summed E-state index contributed by atoms with van der Waals surface area (Å²) in [7, 11) is 0. The van der Waals surface area contributed by atoms with E-state index in [1.807, 2.05) is 47.4 Å². The maximum atomic E-state index is 13.0. The van der Waals surface area contributed by atoms with Gasteiger partial charge in [-0.1, -0.05) is 65.8 Å². The highest BCUT2D eigenvalue weighted by atomic mass is 79.9. The number of hydrogen-bond donors (Lipinski definition) is 0. The van der Waals surface area contributed by atoms with Gasteiger partial charge in [0, 0.05) is 22.3 Å². The predicted octanol–water partition coefficient (Wildman–Crippen LogP) is 5.84. The molecule has 1 fully saturated rings. The third kappa shape index (κ3) is 4.33. The predicted molar refractivity (Wildman–Crippen MR) is 110 cm³/mol.